The Labute approximate surface area is 186 Å². The third-order valence-electron chi connectivity index (χ3n) is 4.96. The normalized spacial score (nSPS) is 23.8. The van der Waals surface area contributed by atoms with Crippen molar-refractivity contribution in [3.63, 3.8) is 0 Å². The lowest BCUT2D eigenvalue weighted by atomic mass is 10.1. The number of guanidine groups is 1. The highest BCUT2D eigenvalue weighted by atomic mass is 127. The number of aryl methyl sites for hydroxylation is 1. The summed E-state index contributed by atoms with van der Waals surface area (Å²) in [7, 11) is 0. The molecule has 6 nitrogen and oxygen atoms in total. The fourth-order valence-electron chi connectivity index (χ4n) is 3.52. The molecule has 2 aliphatic heterocycles. The van der Waals surface area contributed by atoms with Crippen molar-refractivity contribution >= 4 is 29.9 Å². The minimum absolute atomic E-state index is 0. The fourth-order valence-corrected chi connectivity index (χ4v) is 3.52. The van der Waals surface area contributed by atoms with E-state index in [0.29, 0.717) is 13.2 Å². The molecule has 0 aliphatic carbocycles. The Hall–Kier alpha value is -1.06. The van der Waals surface area contributed by atoms with Gasteiger partial charge in [-0.3, -0.25) is 0 Å². The molecule has 28 heavy (non-hydrogen) atoms. The highest BCUT2D eigenvalue weighted by Gasteiger charge is 2.32. The van der Waals surface area contributed by atoms with E-state index in [-0.39, 0.29) is 42.3 Å². The Morgan fingerprint density at radius 2 is 2.00 bits per heavy atom. The number of hydrogen-bond donors (Lipinski definition) is 1. The van der Waals surface area contributed by atoms with Crippen LogP contribution in [0.25, 0.3) is 0 Å². The molecule has 0 bridgehead atoms. The van der Waals surface area contributed by atoms with E-state index in [0.717, 1.165) is 50.8 Å². The van der Waals surface area contributed by atoms with Crippen molar-refractivity contribution in [3.8, 4) is 5.75 Å². The SMILES string of the molecule is CCNC(=NCC(C)Oc1ccc(C)cc1)N1CCOC(C2CCCO2)C1.I. The number of halogens is 1. The molecule has 1 aromatic carbocycles. The van der Waals surface area contributed by atoms with Crippen LogP contribution < -0.4 is 10.1 Å². The molecule has 3 atom stereocenters. The van der Waals surface area contributed by atoms with Crippen LogP contribution in [0.4, 0.5) is 0 Å². The van der Waals surface area contributed by atoms with Gasteiger partial charge in [0.25, 0.3) is 0 Å². The Bertz CT molecular complexity index is 605. The first-order valence-electron chi connectivity index (χ1n) is 10.2. The minimum atomic E-state index is 0. The standard InChI is InChI=1S/C21H33N3O3.HI/c1-4-22-21(23-14-17(3)27-18-9-7-16(2)8-10-18)24-11-13-26-20(15-24)19-6-5-12-25-19;/h7-10,17,19-20H,4-6,11-15H2,1-3H3,(H,22,23);1H. The van der Waals surface area contributed by atoms with Crippen LogP contribution in [0.5, 0.6) is 5.75 Å². The van der Waals surface area contributed by atoms with Crippen molar-refractivity contribution in [2.45, 2.75) is 51.9 Å². The van der Waals surface area contributed by atoms with Gasteiger partial charge in [0.15, 0.2) is 5.96 Å². The third-order valence-corrected chi connectivity index (χ3v) is 4.96. The molecule has 0 aromatic heterocycles. The Balaban J connectivity index is 0.00000280. The number of nitrogens with one attached hydrogen (secondary N) is 1. The van der Waals surface area contributed by atoms with Crippen LogP contribution in [-0.4, -0.2) is 68.6 Å². The largest absolute Gasteiger partial charge is 0.489 e. The van der Waals surface area contributed by atoms with Crippen LogP contribution >= 0.6 is 24.0 Å². The van der Waals surface area contributed by atoms with E-state index in [1.807, 2.05) is 12.1 Å². The molecule has 3 rings (SSSR count). The molecule has 0 amide bonds. The molecule has 2 aliphatic rings. The zero-order valence-corrected chi connectivity index (χ0v) is 19.6. The van der Waals surface area contributed by atoms with E-state index in [1.54, 1.807) is 0 Å². The van der Waals surface area contributed by atoms with Crippen LogP contribution in [0.15, 0.2) is 29.3 Å². The molecule has 7 heteroatoms. The summed E-state index contributed by atoms with van der Waals surface area (Å²) in [5.74, 6) is 1.82. The predicted molar refractivity (Wildman–Crippen MR) is 123 cm³/mol. The van der Waals surface area contributed by atoms with Gasteiger partial charge in [0.1, 0.15) is 18.0 Å². The Morgan fingerprint density at radius 3 is 2.68 bits per heavy atom. The fraction of sp³-hybridized carbons (Fsp3) is 0.667. The first-order valence-corrected chi connectivity index (χ1v) is 10.2. The molecule has 1 aromatic rings. The van der Waals surface area contributed by atoms with Gasteiger partial charge in [0.2, 0.25) is 0 Å². The molecule has 3 unspecified atom stereocenters. The van der Waals surface area contributed by atoms with Crippen LogP contribution in [0.2, 0.25) is 0 Å². The number of hydrogen-bond acceptors (Lipinski definition) is 4. The number of nitrogens with zero attached hydrogens (tertiary/aromatic N) is 2. The quantitative estimate of drug-likeness (QED) is 0.367. The van der Waals surface area contributed by atoms with E-state index in [4.69, 9.17) is 19.2 Å². The number of ether oxygens (including phenoxy) is 3. The highest BCUT2D eigenvalue weighted by Crippen LogP contribution is 2.21. The summed E-state index contributed by atoms with van der Waals surface area (Å²) in [6.45, 7) is 10.9. The first-order chi connectivity index (χ1) is 13.2. The first kappa shape index (κ1) is 23.2. The molecule has 1 N–H and O–H groups in total. The van der Waals surface area contributed by atoms with Crippen molar-refractivity contribution < 1.29 is 14.2 Å². The zero-order chi connectivity index (χ0) is 19.1. The van der Waals surface area contributed by atoms with Gasteiger partial charge in [-0.2, -0.15) is 0 Å². The Morgan fingerprint density at radius 1 is 1.25 bits per heavy atom. The highest BCUT2D eigenvalue weighted by molar-refractivity contribution is 14.0. The Kier molecular flexibility index (Phi) is 9.81. The van der Waals surface area contributed by atoms with Gasteiger partial charge in [-0.15, -0.1) is 24.0 Å². The summed E-state index contributed by atoms with van der Waals surface area (Å²) in [5.41, 5.74) is 1.23. The van der Waals surface area contributed by atoms with Gasteiger partial charge in [-0.05, 0) is 45.7 Å². The second kappa shape index (κ2) is 11.8. The average molecular weight is 503 g/mol. The number of rotatable bonds is 6. The van der Waals surface area contributed by atoms with E-state index in [1.165, 1.54) is 5.56 Å². The number of aliphatic imine (C=N–C) groups is 1. The minimum Gasteiger partial charge on any atom is -0.489 e. The molecular formula is C21H34IN3O3. The van der Waals surface area contributed by atoms with Crippen molar-refractivity contribution in [2.24, 2.45) is 4.99 Å². The lowest BCUT2D eigenvalue weighted by Crippen LogP contribution is -2.53. The molecule has 2 heterocycles. The predicted octanol–water partition coefficient (Wildman–Crippen LogP) is 3.23. The maximum Gasteiger partial charge on any atom is 0.194 e. The lowest BCUT2D eigenvalue weighted by Gasteiger charge is -2.37. The van der Waals surface area contributed by atoms with Gasteiger partial charge < -0.3 is 24.4 Å². The van der Waals surface area contributed by atoms with Crippen molar-refractivity contribution in [1.29, 1.82) is 0 Å². The van der Waals surface area contributed by atoms with Gasteiger partial charge in [-0.1, -0.05) is 17.7 Å². The summed E-state index contributed by atoms with van der Waals surface area (Å²) in [6.07, 6.45) is 2.59. The second-order valence-corrected chi connectivity index (χ2v) is 7.34. The molecule has 0 spiro atoms. The molecule has 0 radical (unpaired) electrons. The summed E-state index contributed by atoms with van der Waals surface area (Å²) in [5, 5.41) is 3.41. The van der Waals surface area contributed by atoms with E-state index < -0.39 is 0 Å². The zero-order valence-electron chi connectivity index (χ0n) is 17.2. The molecular weight excluding hydrogens is 469 g/mol. The molecule has 158 valence electrons. The van der Waals surface area contributed by atoms with Gasteiger partial charge in [0.05, 0.1) is 19.3 Å². The topological polar surface area (TPSA) is 55.3 Å². The number of benzene rings is 1. The smallest absolute Gasteiger partial charge is 0.194 e. The monoisotopic (exact) mass is 503 g/mol. The summed E-state index contributed by atoms with van der Waals surface area (Å²) >= 11 is 0. The van der Waals surface area contributed by atoms with Crippen molar-refractivity contribution in [3.05, 3.63) is 29.8 Å². The number of morpholine rings is 1. The van der Waals surface area contributed by atoms with Gasteiger partial charge in [-0.25, -0.2) is 4.99 Å². The van der Waals surface area contributed by atoms with E-state index in [9.17, 15) is 0 Å². The van der Waals surface area contributed by atoms with Gasteiger partial charge >= 0.3 is 0 Å². The molecule has 2 saturated heterocycles. The lowest BCUT2D eigenvalue weighted by molar-refractivity contribution is -0.0817. The van der Waals surface area contributed by atoms with Crippen molar-refractivity contribution in [1.82, 2.24) is 10.2 Å². The van der Waals surface area contributed by atoms with Crippen molar-refractivity contribution in [2.75, 3.05) is 39.4 Å². The second-order valence-electron chi connectivity index (χ2n) is 7.34. The van der Waals surface area contributed by atoms with Crippen LogP contribution in [0.1, 0.15) is 32.3 Å². The summed E-state index contributed by atoms with van der Waals surface area (Å²) < 4.78 is 17.8. The van der Waals surface area contributed by atoms with Crippen LogP contribution in [0, 0.1) is 6.92 Å². The third kappa shape index (κ3) is 6.77. The van der Waals surface area contributed by atoms with Crippen LogP contribution in [-0.2, 0) is 9.47 Å². The average Bonchev–Trinajstić information content (AvgIpc) is 3.22. The molecule has 2 fully saturated rings. The maximum atomic E-state index is 5.99. The summed E-state index contributed by atoms with van der Waals surface area (Å²) in [4.78, 5) is 7.11. The van der Waals surface area contributed by atoms with Crippen LogP contribution in [0.3, 0.4) is 0 Å². The summed E-state index contributed by atoms with van der Waals surface area (Å²) in [6, 6.07) is 8.15. The van der Waals surface area contributed by atoms with E-state index in [2.05, 4.69) is 43.1 Å². The maximum absolute atomic E-state index is 5.99. The molecule has 0 saturated carbocycles. The van der Waals surface area contributed by atoms with E-state index >= 15 is 0 Å². The van der Waals surface area contributed by atoms with Gasteiger partial charge in [0, 0.05) is 26.2 Å².